The molecule has 0 aliphatic carbocycles. The van der Waals surface area contributed by atoms with E-state index in [1.54, 1.807) is 32.4 Å². The molecule has 0 radical (unpaired) electrons. The summed E-state index contributed by atoms with van der Waals surface area (Å²) in [5.41, 5.74) is 1.58. The van der Waals surface area contributed by atoms with E-state index in [-0.39, 0.29) is 5.91 Å². The van der Waals surface area contributed by atoms with Crippen LogP contribution in [0.2, 0.25) is 0 Å². The molecule has 1 N–H and O–H groups in total. The van der Waals surface area contributed by atoms with Gasteiger partial charge in [-0.15, -0.1) is 0 Å². The first-order chi connectivity index (χ1) is 14.5. The van der Waals surface area contributed by atoms with Crippen LogP contribution in [0.4, 0.5) is 11.4 Å². The van der Waals surface area contributed by atoms with Gasteiger partial charge >= 0.3 is 0 Å². The molecule has 1 amide bonds. The summed E-state index contributed by atoms with van der Waals surface area (Å²) < 4.78 is 16.2. The van der Waals surface area contributed by atoms with Crippen molar-refractivity contribution < 1.29 is 19.0 Å². The van der Waals surface area contributed by atoms with Gasteiger partial charge in [0.1, 0.15) is 17.0 Å². The second-order valence-corrected chi connectivity index (χ2v) is 7.77. The summed E-state index contributed by atoms with van der Waals surface area (Å²) in [5.74, 6) is 0.997. The van der Waals surface area contributed by atoms with E-state index in [9.17, 15) is 4.79 Å². The van der Waals surface area contributed by atoms with Gasteiger partial charge in [0.2, 0.25) is 0 Å². The van der Waals surface area contributed by atoms with E-state index in [2.05, 4.69) is 10.2 Å². The summed E-state index contributed by atoms with van der Waals surface area (Å²) in [7, 11) is 3.14. The van der Waals surface area contributed by atoms with Crippen LogP contribution in [0.25, 0.3) is 0 Å². The van der Waals surface area contributed by atoms with Gasteiger partial charge in [-0.1, -0.05) is 12.1 Å². The number of anilines is 2. The predicted molar refractivity (Wildman–Crippen MR) is 120 cm³/mol. The highest BCUT2D eigenvalue weighted by Gasteiger charge is 2.48. The third-order valence-corrected chi connectivity index (χ3v) is 5.92. The third-order valence-electron chi connectivity index (χ3n) is 5.64. The number of ether oxygens (including phenoxy) is 3. The Labute approximate surface area is 181 Å². The number of nitrogens with zero attached hydrogens (tertiary/aromatic N) is 2. The van der Waals surface area contributed by atoms with Gasteiger partial charge in [0.15, 0.2) is 5.11 Å². The van der Waals surface area contributed by atoms with Crippen LogP contribution in [0.15, 0.2) is 42.5 Å². The van der Waals surface area contributed by atoms with Gasteiger partial charge in [-0.05, 0) is 49.0 Å². The van der Waals surface area contributed by atoms with Crippen molar-refractivity contribution in [1.29, 1.82) is 0 Å². The van der Waals surface area contributed by atoms with E-state index in [4.69, 9.17) is 26.4 Å². The monoisotopic (exact) mass is 427 g/mol. The Morgan fingerprint density at radius 1 is 1.07 bits per heavy atom. The Bertz CT molecular complexity index is 959. The molecule has 2 saturated heterocycles. The molecule has 7 nitrogen and oxygen atoms in total. The number of benzene rings is 2. The quantitative estimate of drug-likeness (QED) is 0.736. The lowest BCUT2D eigenvalue weighted by molar-refractivity contribution is -0.121. The molecule has 2 heterocycles. The van der Waals surface area contributed by atoms with E-state index in [0.29, 0.717) is 22.3 Å². The number of rotatable bonds is 5. The standard InChI is InChI=1S/C22H25N3O4S/c1-22(15-4-6-16(7-5-15)24-10-12-29-13-11-24)20(26)25(21(30)23-22)18-9-8-17(27-2)14-19(18)28-3/h4-9,14H,10-13H2,1-3H3,(H,23,30). The topological polar surface area (TPSA) is 63.3 Å². The molecule has 0 saturated carbocycles. The zero-order valence-electron chi connectivity index (χ0n) is 17.3. The summed E-state index contributed by atoms with van der Waals surface area (Å²) in [6.07, 6.45) is 0. The Balaban J connectivity index is 1.63. The van der Waals surface area contributed by atoms with Gasteiger partial charge in [0.25, 0.3) is 5.91 Å². The number of nitrogens with one attached hydrogen (secondary N) is 1. The SMILES string of the molecule is COc1ccc(N2C(=O)C(C)(c3ccc(N4CCOCC4)cc3)NC2=S)c(OC)c1. The number of morpholine rings is 1. The van der Waals surface area contributed by atoms with Crippen LogP contribution in [-0.2, 0) is 15.1 Å². The second-order valence-electron chi connectivity index (χ2n) is 7.38. The summed E-state index contributed by atoms with van der Waals surface area (Å²) in [6.45, 7) is 5.03. The number of hydrogen-bond donors (Lipinski definition) is 1. The van der Waals surface area contributed by atoms with E-state index >= 15 is 0 Å². The lowest BCUT2D eigenvalue weighted by Crippen LogP contribution is -2.41. The first-order valence-electron chi connectivity index (χ1n) is 9.80. The van der Waals surface area contributed by atoms with Crippen molar-refractivity contribution in [2.24, 2.45) is 0 Å². The van der Waals surface area contributed by atoms with Gasteiger partial charge in [0, 0.05) is 24.8 Å². The molecular formula is C22H25N3O4S. The smallest absolute Gasteiger partial charge is 0.263 e. The van der Waals surface area contributed by atoms with Gasteiger partial charge < -0.3 is 24.4 Å². The minimum absolute atomic E-state index is 0.157. The van der Waals surface area contributed by atoms with Crippen LogP contribution in [-0.4, -0.2) is 51.5 Å². The van der Waals surface area contributed by atoms with E-state index < -0.39 is 5.54 Å². The van der Waals surface area contributed by atoms with Crippen LogP contribution < -0.4 is 24.6 Å². The van der Waals surface area contributed by atoms with Gasteiger partial charge in [0.05, 0.1) is 33.1 Å². The highest BCUT2D eigenvalue weighted by molar-refractivity contribution is 7.80. The molecule has 30 heavy (non-hydrogen) atoms. The fourth-order valence-electron chi connectivity index (χ4n) is 3.85. The van der Waals surface area contributed by atoms with Gasteiger partial charge in [-0.25, -0.2) is 0 Å². The number of hydrogen-bond acceptors (Lipinski definition) is 6. The first-order valence-corrected chi connectivity index (χ1v) is 10.2. The number of methoxy groups -OCH3 is 2. The highest BCUT2D eigenvalue weighted by Crippen LogP contribution is 2.38. The highest BCUT2D eigenvalue weighted by atomic mass is 32.1. The van der Waals surface area contributed by atoms with E-state index in [0.717, 1.165) is 37.6 Å². The van der Waals surface area contributed by atoms with Gasteiger partial charge in [-0.3, -0.25) is 9.69 Å². The van der Waals surface area contributed by atoms with Gasteiger partial charge in [-0.2, -0.15) is 0 Å². The largest absolute Gasteiger partial charge is 0.497 e. The average Bonchev–Trinajstić information content (AvgIpc) is 3.02. The minimum Gasteiger partial charge on any atom is -0.497 e. The summed E-state index contributed by atoms with van der Waals surface area (Å²) >= 11 is 5.53. The molecule has 2 aromatic rings. The molecule has 2 fully saturated rings. The van der Waals surface area contributed by atoms with Crippen molar-refractivity contribution in [2.75, 3.05) is 50.3 Å². The Morgan fingerprint density at radius 3 is 2.40 bits per heavy atom. The lowest BCUT2D eigenvalue weighted by Gasteiger charge is -2.30. The summed E-state index contributed by atoms with van der Waals surface area (Å²) in [5, 5.41) is 3.55. The molecule has 1 unspecified atom stereocenters. The van der Waals surface area contributed by atoms with Crippen molar-refractivity contribution in [1.82, 2.24) is 5.32 Å². The minimum atomic E-state index is -0.967. The molecule has 2 aliphatic heterocycles. The molecule has 4 rings (SSSR count). The fourth-order valence-corrected chi connectivity index (χ4v) is 4.24. The Kier molecular flexibility index (Phi) is 5.53. The Morgan fingerprint density at radius 2 is 1.77 bits per heavy atom. The molecule has 158 valence electrons. The molecular weight excluding hydrogens is 402 g/mol. The van der Waals surface area contributed by atoms with Crippen molar-refractivity contribution in [3.8, 4) is 11.5 Å². The molecule has 0 spiro atoms. The normalized spacial score (nSPS) is 21.6. The van der Waals surface area contributed by atoms with E-state index in [1.807, 2.05) is 31.2 Å². The summed E-state index contributed by atoms with van der Waals surface area (Å²) in [6, 6.07) is 13.3. The third kappa shape index (κ3) is 3.46. The van der Waals surface area contributed by atoms with Crippen molar-refractivity contribution in [3.05, 3.63) is 48.0 Å². The number of thiocarbonyl (C=S) groups is 1. The van der Waals surface area contributed by atoms with Crippen LogP contribution in [0, 0.1) is 0 Å². The van der Waals surface area contributed by atoms with Crippen LogP contribution in [0.5, 0.6) is 11.5 Å². The van der Waals surface area contributed by atoms with Crippen LogP contribution in [0.3, 0.4) is 0 Å². The number of carbonyl (C=O) groups is 1. The first kappa shape index (κ1) is 20.4. The second kappa shape index (κ2) is 8.12. The fraction of sp³-hybridized carbons (Fsp3) is 0.364. The van der Waals surface area contributed by atoms with Crippen LogP contribution in [0.1, 0.15) is 12.5 Å². The number of carbonyl (C=O) groups excluding carboxylic acids is 1. The number of amides is 1. The maximum absolute atomic E-state index is 13.5. The lowest BCUT2D eigenvalue weighted by atomic mass is 9.91. The molecule has 1 atom stereocenters. The predicted octanol–water partition coefficient (Wildman–Crippen LogP) is 2.68. The summed E-state index contributed by atoms with van der Waals surface area (Å²) in [4.78, 5) is 17.3. The van der Waals surface area contributed by atoms with Crippen LogP contribution >= 0.6 is 12.2 Å². The molecule has 8 heteroatoms. The van der Waals surface area contributed by atoms with Crippen molar-refractivity contribution in [2.45, 2.75) is 12.5 Å². The van der Waals surface area contributed by atoms with Crippen molar-refractivity contribution >= 4 is 34.6 Å². The Hall–Kier alpha value is -2.84. The molecule has 2 aromatic carbocycles. The zero-order valence-corrected chi connectivity index (χ0v) is 18.1. The maximum Gasteiger partial charge on any atom is 0.263 e. The molecule has 0 bridgehead atoms. The zero-order chi connectivity index (χ0) is 21.3. The van der Waals surface area contributed by atoms with E-state index in [1.165, 1.54) is 4.90 Å². The maximum atomic E-state index is 13.5. The molecule has 0 aromatic heterocycles. The molecule has 2 aliphatic rings. The van der Waals surface area contributed by atoms with Crippen molar-refractivity contribution in [3.63, 3.8) is 0 Å². The average molecular weight is 428 g/mol.